The minimum atomic E-state index is -0.423. The van der Waals surface area contributed by atoms with Crippen molar-refractivity contribution in [3.8, 4) is 16.3 Å². The van der Waals surface area contributed by atoms with Crippen LogP contribution in [0.5, 0.6) is 5.75 Å². The maximum absolute atomic E-state index is 12.9. The van der Waals surface area contributed by atoms with Crippen LogP contribution in [0.1, 0.15) is 33.3 Å². The first-order valence-corrected chi connectivity index (χ1v) is 11.6. The summed E-state index contributed by atoms with van der Waals surface area (Å²) in [5.74, 6) is 1.24. The first kappa shape index (κ1) is 21.5. The van der Waals surface area contributed by atoms with Crippen LogP contribution in [-0.2, 0) is 6.54 Å². The average Bonchev–Trinajstić information content (AvgIpc) is 3.13. The fourth-order valence-electron chi connectivity index (χ4n) is 4.17. The van der Waals surface area contributed by atoms with Gasteiger partial charge in [0.25, 0.3) is 0 Å². The lowest BCUT2D eigenvalue weighted by Crippen LogP contribution is -3.11. The Balaban J connectivity index is 1.78. The van der Waals surface area contributed by atoms with Gasteiger partial charge in [-0.3, -0.25) is 0 Å². The van der Waals surface area contributed by atoms with E-state index >= 15 is 0 Å². The van der Waals surface area contributed by atoms with Crippen molar-refractivity contribution in [1.29, 1.82) is 0 Å². The van der Waals surface area contributed by atoms with Crippen molar-refractivity contribution in [2.45, 2.75) is 34.2 Å². The number of aromatic hydroxyl groups is 1. The number of phenolic OH excluding ortho intramolecular Hbond substituents is 1. The molecule has 0 aliphatic carbocycles. The van der Waals surface area contributed by atoms with Gasteiger partial charge in [0.2, 0.25) is 0 Å². The van der Waals surface area contributed by atoms with Gasteiger partial charge >= 0.3 is 5.63 Å². The second-order valence-electron chi connectivity index (χ2n) is 9.04. The first-order valence-electron chi connectivity index (χ1n) is 10.8. The predicted molar refractivity (Wildman–Crippen MR) is 127 cm³/mol. The molecule has 2 heterocycles. The van der Waals surface area contributed by atoms with Crippen LogP contribution in [0.4, 0.5) is 0 Å². The van der Waals surface area contributed by atoms with Crippen LogP contribution in [-0.4, -0.2) is 23.2 Å². The summed E-state index contributed by atoms with van der Waals surface area (Å²) in [5.41, 5.74) is 2.07. The van der Waals surface area contributed by atoms with E-state index in [1.54, 1.807) is 12.1 Å². The van der Waals surface area contributed by atoms with Crippen LogP contribution in [0.3, 0.4) is 0 Å². The molecule has 31 heavy (non-hydrogen) atoms. The summed E-state index contributed by atoms with van der Waals surface area (Å²) in [5, 5.41) is 12.1. The summed E-state index contributed by atoms with van der Waals surface area (Å²) in [4.78, 5) is 18.9. The largest absolute Gasteiger partial charge is 0.507 e. The van der Waals surface area contributed by atoms with Gasteiger partial charge in [-0.2, -0.15) is 0 Å². The third kappa shape index (κ3) is 4.65. The number of hydrogen-bond donors (Lipinski definition) is 2. The SMILES string of the molecule is CC(C)C[NH+](Cc1c(O)ccc2cc(-c3nc4ccccc4s3)c(=O)oc12)CC(C)C. The van der Waals surface area contributed by atoms with Gasteiger partial charge in [0.1, 0.15) is 17.3 Å². The summed E-state index contributed by atoms with van der Waals surface area (Å²) in [7, 11) is 0. The van der Waals surface area contributed by atoms with Crippen molar-refractivity contribution in [2.75, 3.05) is 13.1 Å². The molecule has 0 atom stereocenters. The molecule has 4 rings (SSSR count). The topological polar surface area (TPSA) is 67.8 Å². The molecule has 2 aromatic carbocycles. The van der Waals surface area contributed by atoms with E-state index < -0.39 is 5.63 Å². The van der Waals surface area contributed by atoms with E-state index in [0.717, 1.165) is 28.7 Å². The van der Waals surface area contributed by atoms with Crippen molar-refractivity contribution in [2.24, 2.45) is 11.8 Å². The van der Waals surface area contributed by atoms with Gasteiger partial charge in [-0.15, -0.1) is 11.3 Å². The van der Waals surface area contributed by atoms with Crippen molar-refractivity contribution in [3.05, 3.63) is 58.4 Å². The highest BCUT2D eigenvalue weighted by atomic mass is 32.1. The Morgan fingerprint density at radius 2 is 1.77 bits per heavy atom. The fraction of sp³-hybridized carbons (Fsp3) is 0.360. The molecule has 2 aromatic heterocycles. The standard InChI is InChI=1S/C25H28N2O3S/c1-15(2)12-27(13-16(3)4)14-19-21(28)10-9-17-11-18(25(29)30-23(17)19)24-26-20-7-5-6-8-22(20)31-24/h5-11,15-16,28H,12-14H2,1-4H3/p+1. The minimum absolute atomic E-state index is 0.174. The molecule has 0 saturated carbocycles. The van der Waals surface area contributed by atoms with Gasteiger partial charge in [-0.25, -0.2) is 9.78 Å². The third-order valence-electron chi connectivity index (χ3n) is 5.33. The smallest absolute Gasteiger partial charge is 0.346 e. The highest BCUT2D eigenvalue weighted by Crippen LogP contribution is 2.32. The van der Waals surface area contributed by atoms with Crippen LogP contribution in [0.15, 0.2) is 51.7 Å². The normalized spacial score (nSPS) is 12.1. The van der Waals surface area contributed by atoms with Gasteiger partial charge in [0, 0.05) is 17.2 Å². The van der Waals surface area contributed by atoms with Gasteiger partial charge < -0.3 is 14.4 Å². The molecular weight excluding hydrogens is 408 g/mol. The second-order valence-corrected chi connectivity index (χ2v) is 10.1. The van der Waals surface area contributed by atoms with Crippen LogP contribution >= 0.6 is 11.3 Å². The molecule has 0 radical (unpaired) electrons. The lowest BCUT2D eigenvalue weighted by Gasteiger charge is -2.24. The molecule has 5 nitrogen and oxygen atoms in total. The third-order valence-corrected chi connectivity index (χ3v) is 6.40. The number of fused-ring (bicyclic) bond motifs is 2. The summed E-state index contributed by atoms with van der Waals surface area (Å²) >= 11 is 1.48. The molecule has 2 N–H and O–H groups in total. The molecule has 0 bridgehead atoms. The zero-order chi connectivity index (χ0) is 22.1. The Bertz CT molecular complexity index is 1230. The van der Waals surface area contributed by atoms with E-state index in [-0.39, 0.29) is 5.75 Å². The van der Waals surface area contributed by atoms with E-state index in [4.69, 9.17) is 4.42 Å². The number of para-hydroxylation sites is 1. The molecule has 0 saturated heterocycles. The summed E-state index contributed by atoms with van der Waals surface area (Å²) < 4.78 is 6.84. The van der Waals surface area contributed by atoms with E-state index in [1.165, 1.54) is 16.2 Å². The summed E-state index contributed by atoms with van der Waals surface area (Å²) in [6.07, 6.45) is 0. The Morgan fingerprint density at radius 3 is 2.45 bits per heavy atom. The van der Waals surface area contributed by atoms with E-state index in [1.807, 2.05) is 30.3 Å². The molecule has 0 amide bonds. The number of nitrogens with zero attached hydrogens (tertiary/aromatic N) is 1. The molecule has 6 heteroatoms. The molecule has 4 aromatic rings. The van der Waals surface area contributed by atoms with Crippen molar-refractivity contribution in [3.63, 3.8) is 0 Å². The predicted octanol–water partition coefficient (Wildman–Crippen LogP) is 4.47. The van der Waals surface area contributed by atoms with Crippen LogP contribution < -0.4 is 10.5 Å². The minimum Gasteiger partial charge on any atom is -0.507 e. The Kier molecular flexibility index (Phi) is 6.12. The monoisotopic (exact) mass is 437 g/mol. The molecule has 162 valence electrons. The highest BCUT2D eigenvalue weighted by molar-refractivity contribution is 7.21. The van der Waals surface area contributed by atoms with Crippen molar-refractivity contribution < 1.29 is 14.4 Å². The highest BCUT2D eigenvalue weighted by Gasteiger charge is 2.21. The molecular formula is C25H29N2O3S+. The lowest BCUT2D eigenvalue weighted by atomic mass is 10.1. The quantitative estimate of drug-likeness (QED) is 0.419. The van der Waals surface area contributed by atoms with Crippen LogP contribution in [0.2, 0.25) is 0 Å². The Morgan fingerprint density at radius 1 is 1.06 bits per heavy atom. The summed E-state index contributed by atoms with van der Waals surface area (Å²) in [6.45, 7) is 11.4. The number of hydrogen-bond acceptors (Lipinski definition) is 5. The van der Waals surface area contributed by atoms with E-state index in [9.17, 15) is 9.90 Å². The van der Waals surface area contributed by atoms with Gasteiger partial charge in [0.15, 0.2) is 5.58 Å². The van der Waals surface area contributed by atoms with Gasteiger partial charge in [0.05, 0.1) is 34.4 Å². The first-order chi connectivity index (χ1) is 14.8. The summed E-state index contributed by atoms with van der Waals surface area (Å²) in [6, 6.07) is 13.2. The fourth-order valence-corrected chi connectivity index (χ4v) is 5.14. The number of quaternary nitrogens is 1. The van der Waals surface area contributed by atoms with Crippen molar-refractivity contribution in [1.82, 2.24) is 4.98 Å². The maximum atomic E-state index is 12.9. The molecule has 0 spiro atoms. The lowest BCUT2D eigenvalue weighted by molar-refractivity contribution is -0.919. The number of nitrogens with one attached hydrogen (secondary N) is 1. The number of aromatic nitrogens is 1. The number of phenols is 1. The van der Waals surface area contributed by atoms with Crippen molar-refractivity contribution >= 4 is 32.5 Å². The molecule has 0 fully saturated rings. The van der Waals surface area contributed by atoms with E-state index in [2.05, 4.69) is 32.7 Å². The molecule has 0 aliphatic rings. The van der Waals surface area contributed by atoms with Gasteiger partial charge in [-0.1, -0.05) is 39.8 Å². The van der Waals surface area contributed by atoms with E-state index in [0.29, 0.717) is 40.1 Å². The number of rotatable bonds is 7. The maximum Gasteiger partial charge on any atom is 0.346 e. The average molecular weight is 438 g/mol. The van der Waals surface area contributed by atoms with Crippen LogP contribution in [0, 0.1) is 11.8 Å². The Labute approximate surface area is 186 Å². The Hall–Kier alpha value is -2.70. The number of benzene rings is 2. The zero-order valence-corrected chi connectivity index (χ0v) is 19.3. The van der Waals surface area contributed by atoms with Crippen LogP contribution in [0.25, 0.3) is 31.8 Å². The molecule has 0 aliphatic heterocycles. The molecule has 0 unspecified atom stereocenters. The number of thiazole rings is 1. The second kappa shape index (κ2) is 8.81. The van der Waals surface area contributed by atoms with Gasteiger partial charge in [-0.05, 0) is 30.3 Å². The zero-order valence-electron chi connectivity index (χ0n) is 18.4.